The molecular weight excluding hydrogens is 224 g/mol. The standard InChI is InChI=1S/C15H20N2O/c1-3-5-14(4-2)17-15(18)11-8-12-6-9-13(16)10-7-12/h1,6-7,9-10,14H,4-5,8,11,16H2,2H3,(H,17,18). The maximum absolute atomic E-state index is 11.7. The maximum atomic E-state index is 11.7. The van der Waals surface area contributed by atoms with E-state index in [2.05, 4.69) is 11.2 Å². The largest absolute Gasteiger partial charge is 0.399 e. The summed E-state index contributed by atoms with van der Waals surface area (Å²) in [5.41, 5.74) is 7.46. The second kappa shape index (κ2) is 7.39. The molecule has 1 aromatic carbocycles. The number of amides is 1. The second-order valence-electron chi connectivity index (χ2n) is 4.32. The van der Waals surface area contributed by atoms with E-state index in [9.17, 15) is 4.79 Å². The van der Waals surface area contributed by atoms with Gasteiger partial charge in [-0.15, -0.1) is 12.3 Å². The molecule has 3 heteroatoms. The third-order valence-electron chi connectivity index (χ3n) is 2.84. The molecule has 18 heavy (non-hydrogen) atoms. The minimum Gasteiger partial charge on any atom is -0.399 e. The maximum Gasteiger partial charge on any atom is 0.220 e. The molecule has 0 spiro atoms. The third kappa shape index (κ3) is 4.92. The molecule has 0 saturated carbocycles. The Balaban J connectivity index is 2.37. The molecule has 1 atom stereocenters. The summed E-state index contributed by atoms with van der Waals surface area (Å²) >= 11 is 0. The summed E-state index contributed by atoms with van der Waals surface area (Å²) in [5, 5.41) is 2.94. The minimum atomic E-state index is 0.0499. The van der Waals surface area contributed by atoms with E-state index in [-0.39, 0.29) is 11.9 Å². The molecule has 0 fully saturated rings. The number of nitrogens with two attached hydrogens (primary N) is 1. The molecule has 0 aromatic heterocycles. The molecule has 1 unspecified atom stereocenters. The van der Waals surface area contributed by atoms with E-state index in [1.165, 1.54) is 0 Å². The lowest BCUT2D eigenvalue weighted by Gasteiger charge is -2.14. The molecule has 0 heterocycles. The molecule has 3 nitrogen and oxygen atoms in total. The van der Waals surface area contributed by atoms with Crippen molar-refractivity contribution in [1.29, 1.82) is 0 Å². The number of benzene rings is 1. The quantitative estimate of drug-likeness (QED) is 0.595. The zero-order chi connectivity index (χ0) is 13.4. The van der Waals surface area contributed by atoms with Crippen LogP contribution >= 0.6 is 0 Å². The van der Waals surface area contributed by atoms with E-state index < -0.39 is 0 Å². The van der Waals surface area contributed by atoms with Crippen LogP contribution in [0.15, 0.2) is 24.3 Å². The second-order valence-corrected chi connectivity index (χ2v) is 4.32. The summed E-state index contributed by atoms with van der Waals surface area (Å²) in [5.74, 6) is 2.63. The highest BCUT2D eigenvalue weighted by Gasteiger charge is 2.08. The topological polar surface area (TPSA) is 55.1 Å². The molecule has 0 radical (unpaired) electrons. The van der Waals surface area contributed by atoms with Crippen molar-refractivity contribution in [3.05, 3.63) is 29.8 Å². The number of hydrogen-bond donors (Lipinski definition) is 2. The van der Waals surface area contributed by atoms with Crippen LogP contribution in [0.3, 0.4) is 0 Å². The molecular formula is C15H20N2O. The van der Waals surface area contributed by atoms with Crippen LogP contribution in [0.1, 0.15) is 31.7 Å². The van der Waals surface area contributed by atoms with Gasteiger partial charge in [-0.05, 0) is 30.5 Å². The Morgan fingerprint density at radius 2 is 2.11 bits per heavy atom. The van der Waals surface area contributed by atoms with Crippen LogP contribution in [0.4, 0.5) is 5.69 Å². The van der Waals surface area contributed by atoms with Gasteiger partial charge in [0.1, 0.15) is 0 Å². The summed E-state index contributed by atoms with van der Waals surface area (Å²) in [6.07, 6.45) is 7.89. The lowest BCUT2D eigenvalue weighted by Crippen LogP contribution is -2.34. The minimum absolute atomic E-state index is 0.0499. The molecule has 0 aliphatic rings. The van der Waals surface area contributed by atoms with Crippen molar-refractivity contribution in [3.63, 3.8) is 0 Å². The van der Waals surface area contributed by atoms with Gasteiger partial charge in [0.05, 0.1) is 0 Å². The van der Waals surface area contributed by atoms with Crippen LogP contribution in [-0.2, 0) is 11.2 Å². The Morgan fingerprint density at radius 1 is 1.44 bits per heavy atom. The van der Waals surface area contributed by atoms with Crippen LogP contribution in [-0.4, -0.2) is 11.9 Å². The van der Waals surface area contributed by atoms with Gasteiger partial charge in [-0.2, -0.15) is 0 Å². The first kappa shape index (κ1) is 14.1. The van der Waals surface area contributed by atoms with E-state index in [0.29, 0.717) is 12.8 Å². The van der Waals surface area contributed by atoms with Gasteiger partial charge >= 0.3 is 0 Å². The van der Waals surface area contributed by atoms with Crippen LogP contribution in [0, 0.1) is 12.3 Å². The fourth-order valence-electron chi connectivity index (χ4n) is 1.68. The molecule has 0 aliphatic heterocycles. The van der Waals surface area contributed by atoms with Gasteiger partial charge < -0.3 is 11.1 Å². The lowest BCUT2D eigenvalue weighted by molar-refractivity contribution is -0.121. The summed E-state index contributed by atoms with van der Waals surface area (Å²) in [4.78, 5) is 11.7. The average molecular weight is 244 g/mol. The van der Waals surface area contributed by atoms with Crippen molar-refractivity contribution < 1.29 is 4.79 Å². The molecule has 0 saturated heterocycles. The van der Waals surface area contributed by atoms with E-state index in [1.807, 2.05) is 31.2 Å². The molecule has 96 valence electrons. The van der Waals surface area contributed by atoms with Crippen LogP contribution in [0.5, 0.6) is 0 Å². The molecule has 3 N–H and O–H groups in total. The number of terminal acetylenes is 1. The Kier molecular flexibility index (Phi) is 5.79. The molecule has 1 aromatic rings. The van der Waals surface area contributed by atoms with Gasteiger partial charge in [-0.25, -0.2) is 0 Å². The predicted octanol–water partition coefficient (Wildman–Crippen LogP) is 2.12. The Hall–Kier alpha value is -1.95. The van der Waals surface area contributed by atoms with Crippen molar-refractivity contribution >= 4 is 11.6 Å². The normalized spacial score (nSPS) is 11.6. The lowest BCUT2D eigenvalue weighted by atomic mass is 10.1. The number of rotatable bonds is 6. The number of carbonyl (C=O) groups excluding carboxylic acids is 1. The number of nitrogens with one attached hydrogen (secondary N) is 1. The zero-order valence-electron chi connectivity index (χ0n) is 10.8. The SMILES string of the molecule is C#CCC(CC)NC(=O)CCc1ccc(N)cc1. The molecule has 0 aliphatic carbocycles. The van der Waals surface area contributed by atoms with Crippen LogP contribution in [0.25, 0.3) is 0 Å². The fourth-order valence-corrected chi connectivity index (χ4v) is 1.68. The van der Waals surface area contributed by atoms with Gasteiger partial charge in [0.25, 0.3) is 0 Å². The number of nitrogen functional groups attached to an aromatic ring is 1. The molecule has 1 rings (SSSR count). The average Bonchev–Trinajstić information content (AvgIpc) is 2.37. The smallest absolute Gasteiger partial charge is 0.220 e. The van der Waals surface area contributed by atoms with Gasteiger partial charge in [-0.3, -0.25) is 4.79 Å². The van der Waals surface area contributed by atoms with Crippen molar-refractivity contribution in [1.82, 2.24) is 5.32 Å². The Morgan fingerprint density at radius 3 is 2.67 bits per heavy atom. The highest BCUT2D eigenvalue weighted by molar-refractivity contribution is 5.76. The first-order valence-electron chi connectivity index (χ1n) is 6.23. The monoisotopic (exact) mass is 244 g/mol. The van der Waals surface area contributed by atoms with Crippen molar-refractivity contribution in [2.45, 2.75) is 38.6 Å². The Labute approximate surface area is 109 Å². The summed E-state index contributed by atoms with van der Waals surface area (Å²) < 4.78 is 0. The van der Waals surface area contributed by atoms with Crippen molar-refractivity contribution in [3.8, 4) is 12.3 Å². The van der Waals surface area contributed by atoms with E-state index in [4.69, 9.17) is 12.2 Å². The van der Waals surface area contributed by atoms with E-state index in [0.717, 1.165) is 24.1 Å². The summed E-state index contributed by atoms with van der Waals surface area (Å²) in [7, 11) is 0. The highest BCUT2D eigenvalue weighted by atomic mass is 16.1. The number of hydrogen-bond acceptors (Lipinski definition) is 2. The highest BCUT2D eigenvalue weighted by Crippen LogP contribution is 2.08. The van der Waals surface area contributed by atoms with Gasteiger partial charge in [-0.1, -0.05) is 19.1 Å². The number of carbonyl (C=O) groups is 1. The number of aryl methyl sites for hydroxylation is 1. The van der Waals surface area contributed by atoms with Crippen LogP contribution in [0.2, 0.25) is 0 Å². The summed E-state index contributed by atoms with van der Waals surface area (Å²) in [6.45, 7) is 2.02. The van der Waals surface area contributed by atoms with E-state index in [1.54, 1.807) is 0 Å². The molecule has 0 bridgehead atoms. The Bertz CT molecular complexity index is 417. The van der Waals surface area contributed by atoms with E-state index >= 15 is 0 Å². The third-order valence-corrected chi connectivity index (χ3v) is 2.84. The first-order chi connectivity index (χ1) is 8.65. The van der Waals surface area contributed by atoms with Crippen molar-refractivity contribution in [2.24, 2.45) is 0 Å². The zero-order valence-corrected chi connectivity index (χ0v) is 10.8. The van der Waals surface area contributed by atoms with Gasteiger partial charge in [0, 0.05) is 24.6 Å². The number of anilines is 1. The molecule has 1 amide bonds. The fraction of sp³-hybridized carbons (Fsp3) is 0.400. The first-order valence-corrected chi connectivity index (χ1v) is 6.23. The summed E-state index contributed by atoms with van der Waals surface area (Å²) in [6, 6.07) is 7.68. The van der Waals surface area contributed by atoms with Crippen molar-refractivity contribution in [2.75, 3.05) is 5.73 Å². The van der Waals surface area contributed by atoms with Gasteiger partial charge in [0.15, 0.2) is 0 Å². The van der Waals surface area contributed by atoms with Gasteiger partial charge in [0.2, 0.25) is 5.91 Å². The predicted molar refractivity (Wildman–Crippen MR) is 74.8 cm³/mol. The van der Waals surface area contributed by atoms with Crippen LogP contribution < -0.4 is 11.1 Å².